The third-order valence-electron chi connectivity index (χ3n) is 4.59. The molecule has 1 atom stereocenters. The van der Waals surface area contributed by atoms with Crippen LogP contribution in [0.15, 0.2) is 54.9 Å². The number of ether oxygens (including phenoxy) is 2. The molecule has 0 spiro atoms. The first kappa shape index (κ1) is 18.8. The van der Waals surface area contributed by atoms with E-state index in [1.165, 1.54) is 23.8 Å². The number of hydrogen-bond acceptors (Lipinski definition) is 6. The fourth-order valence-corrected chi connectivity index (χ4v) is 3.10. The number of carbonyl (C=O) groups is 2. The number of esters is 1. The summed E-state index contributed by atoms with van der Waals surface area (Å²) in [6.07, 6.45) is 3.43. The van der Waals surface area contributed by atoms with Crippen LogP contribution in [0.5, 0.6) is 5.75 Å². The molecular weight excluding hydrogens is 346 g/mol. The van der Waals surface area contributed by atoms with Crippen molar-refractivity contribution in [2.24, 2.45) is 0 Å². The standard InChI is InChI=1S/C20H23N3O4/c1-26-19(24)18-15-23(20(25)27-17-8-5-10-21-14-17)13-12-22(18)11-9-16-6-3-2-4-7-16/h2-8,10,14,18H,9,11-13,15H2,1H3. The predicted molar refractivity (Wildman–Crippen MR) is 99.4 cm³/mol. The minimum atomic E-state index is -0.506. The van der Waals surface area contributed by atoms with Crippen molar-refractivity contribution in [2.75, 3.05) is 33.3 Å². The Bertz CT molecular complexity index is 754. The Morgan fingerprint density at radius 1 is 1.15 bits per heavy atom. The molecule has 3 rings (SSSR count). The second kappa shape index (κ2) is 9.14. The molecule has 0 aliphatic carbocycles. The molecule has 1 amide bonds. The van der Waals surface area contributed by atoms with E-state index in [0.29, 0.717) is 18.8 Å². The quantitative estimate of drug-likeness (QED) is 0.751. The molecule has 1 aliphatic rings. The molecule has 1 unspecified atom stereocenters. The second-order valence-corrected chi connectivity index (χ2v) is 6.31. The lowest BCUT2D eigenvalue weighted by atomic mass is 10.1. The number of hydrogen-bond donors (Lipinski definition) is 0. The van der Waals surface area contributed by atoms with Crippen molar-refractivity contribution < 1.29 is 19.1 Å². The topological polar surface area (TPSA) is 72.0 Å². The van der Waals surface area contributed by atoms with E-state index in [4.69, 9.17) is 9.47 Å². The number of methoxy groups -OCH3 is 1. The van der Waals surface area contributed by atoms with Gasteiger partial charge in [0.2, 0.25) is 0 Å². The van der Waals surface area contributed by atoms with Crippen LogP contribution >= 0.6 is 0 Å². The van der Waals surface area contributed by atoms with Crippen molar-refractivity contribution >= 4 is 12.1 Å². The maximum Gasteiger partial charge on any atom is 0.415 e. The summed E-state index contributed by atoms with van der Waals surface area (Å²) in [5.74, 6) is 0.0329. The largest absolute Gasteiger partial charge is 0.468 e. The third kappa shape index (κ3) is 5.04. The van der Waals surface area contributed by atoms with E-state index in [-0.39, 0.29) is 12.5 Å². The molecule has 1 aromatic carbocycles. The highest BCUT2D eigenvalue weighted by Gasteiger charge is 2.35. The number of pyridine rings is 1. The molecule has 1 aliphatic heterocycles. The zero-order valence-corrected chi connectivity index (χ0v) is 15.3. The number of aromatic nitrogens is 1. The molecule has 1 saturated heterocycles. The van der Waals surface area contributed by atoms with Gasteiger partial charge in [-0.05, 0) is 24.1 Å². The highest BCUT2D eigenvalue weighted by Crippen LogP contribution is 2.15. The number of rotatable bonds is 5. The summed E-state index contributed by atoms with van der Waals surface area (Å²) >= 11 is 0. The zero-order chi connectivity index (χ0) is 19.1. The first-order chi connectivity index (χ1) is 13.2. The molecule has 142 valence electrons. The smallest absolute Gasteiger partial charge is 0.415 e. The maximum atomic E-state index is 12.4. The number of amides is 1. The molecule has 2 aromatic rings. The average Bonchev–Trinajstić information content (AvgIpc) is 2.73. The summed E-state index contributed by atoms with van der Waals surface area (Å²) < 4.78 is 10.3. The van der Waals surface area contributed by atoms with Gasteiger partial charge in [-0.15, -0.1) is 0 Å². The van der Waals surface area contributed by atoms with E-state index in [9.17, 15) is 9.59 Å². The van der Waals surface area contributed by atoms with Crippen molar-refractivity contribution in [2.45, 2.75) is 12.5 Å². The second-order valence-electron chi connectivity index (χ2n) is 6.31. The van der Waals surface area contributed by atoms with Crippen molar-refractivity contribution in [3.63, 3.8) is 0 Å². The summed E-state index contributed by atoms with van der Waals surface area (Å²) in [6, 6.07) is 13.0. The summed E-state index contributed by atoms with van der Waals surface area (Å²) in [5, 5.41) is 0. The van der Waals surface area contributed by atoms with Crippen molar-refractivity contribution in [3.8, 4) is 5.75 Å². The maximum absolute atomic E-state index is 12.4. The molecule has 0 bridgehead atoms. The van der Waals surface area contributed by atoms with Gasteiger partial charge >= 0.3 is 12.1 Å². The molecule has 27 heavy (non-hydrogen) atoms. The van der Waals surface area contributed by atoms with Crippen molar-refractivity contribution in [3.05, 3.63) is 60.4 Å². The van der Waals surface area contributed by atoms with E-state index in [2.05, 4.69) is 22.0 Å². The van der Waals surface area contributed by atoms with Crippen molar-refractivity contribution in [1.29, 1.82) is 0 Å². The fraction of sp³-hybridized carbons (Fsp3) is 0.350. The van der Waals surface area contributed by atoms with Crippen molar-refractivity contribution in [1.82, 2.24) is 14.8 Å². The Balaban J connectivity index is 1.61. The summed E-state index contributed by atoms with van der Waals surface area (Å²) in [6.45, 7) is 2.02. The van der Waals surface area contributed by atoms with Gasteiger partial charge in [0.05, 0.1) is 19.9 Å². The van der Waals surface area contributed by atoms with Crippen LogP contribution in [-0.2, 0) is 16.0 Å². The summed E-state index contributed by atoms with van der Waals surface area (Å²) in [5.41, 5.74) is 1.21. The zero-order valence-electron chi connectivity index (χ0n) is 15.3. The number of benzene rings is 1. The molecule has 0 saturated carbocycles. The summed E-state index contributed by atoms with van der Waals surface area (Å²) in [7, 11) is 1.37. The van der Waals surface area contributed by atoms with Gasteiger partial charge in [-0.25, -0.2) is 4.79 Å². The van der Waals surface area contributed by atoms with Gasteiger partial charge < -0.3 is 14.4 Å². The molecule has 1 aromatic heterocycles. The predicted octanol–water partition coefficient (Wildman–Crippen LogP) is 1.98. The number of carbonyl (C=O) groups excluding carboxylic acids is 2. The number of piperazine rings is 1. The van der Waals surface area contributed by atoms with Gasteiger partial charge in [0.15, 0.2) is 5.75 Å². The first-order valence-corrected chi connectivity index (χ1v) is 8.90. The van der Waals surface area contributed by atoms with Gasteiger partial charge in [0, 0.05) is 25.8 Å². The van der Waals surface area contributed by atoms with Crippen LogP contribution < -0.4 is 4.74 Å². The Hall–Kier alpha value is -2.93. The minimum Gasteiger partial charge on any atom is -0.468 e. The van der Waals surface area contributed by atoms with Crippen LogP contribution in [-0.4, -0.2) is 66.2 Å². The summed E-state index contributed by atoms with van der Waals surface area (Å²) in [4.78, 5) is 32.2. The average molecular weight is 369 g/mol. The molecule has 7 heteroatoms. The van der Waals surface area contributed by atoms with E-state index in [0.717, 1.165) is 13.0 Å². The third-order valence-corrected chi connectivity index (χ3v) is 4.59. The molecule has 2 heterocycles. The highest BCUT2D eigenvalue weighted by molar-refractivity contribution is 5.78. The first-order valence-electron chi connectivity index (χ1n) is 8.90. The monoisotopic (exact) mass is 369 g/mol. The SMILES string of the molecule is COC(=O)C1CN(C(=O)Oc2cccnc2)CCN1CCc1ccccc1. The van der Waals surface area contributed by atoms with Crippen LogP contribution in [0.4, 0.5) is 4.79 Å². The molecular formula is C20H23N3O4. The highest BCUT2D eigenvalue weighted by atomic mass is 16.6. The minimum absolute atomic E-state index is 0.237. The van der Waals surface area contributed by atoms with Gasteiger partial charge in [0.1, 0.15) is 6.04 Å². The fourth-order valence-electron chi connectivity index (χ4n) is 3.10. The van der Waals surface area contributed by atoms with Gasteiger partial charge in [-0.1, -0.05) is 30.3 Å². The Morgan fingerprint density at radius 3 is 2.67 bits per heavy atom. The van der Waals surface area contributed by atoms with Crippen LogP contribution in [0.1, 0.15) is 5.56 Å². The molecule has 1 fully saturated rings. The number of nitrogens with zero attached hydrogens (tertiary/aromatic N) is 3. The molecule has 0 radical (unpaired) electrons. The van der Waals surface area contributed by atoms with Crippen LogP contribution in [0.2, 0.25) is 0 Å². The Kier molecular flexibility index (Phi) is 6.38. The van der Waals surface area contributed by atoms with E-state index in [1.54, 1.807) is 18.3 Å². The van der Waals surface area contributed by atoms with E-state index >= 15 is 0 Å². The van der Waals surface area contributed by atoms with Crippen LogP contribution in [0.3, 0.4) is 0 Å². The normalized spacial score (nSPS) is 17.4. The Labute approximate surface area is 158 Å². The van der Waals surface area contributed by atoms with Gasteiger partial charge in [-0.2, -0.15) is 0 Å². The molecule has 7 nitrogen and oxygen atoms in total. The lowest BCUT2D eigenvalue weighted by molar-refractivity contribution is -0.149. The van der Waals surface area contributed by atoms with Gasteiger partial charge in [-0.3, -0.25) is 14.7 Å². The van der Waals surface area contributed by atoms with E-state index in [1.807, 2.05) is 18.2 Å². The lowest BCUT2D eigenvalue weighted by Crippen LogP contribution is -2.58. The van der Waals surface area contributed by atoms with E-state index < -0.39 is 12.1 Å². The lowest BCUT2D eigenvalue weighted by Gasteiger charge is -2.39. The van der Waals surface area contributed by atoms with Gasteiger partial charge in [0.25, 0.3) is 0 Å². The van der Waals surface area contributed by atoms with Crippen LogP contribution in [0, 0.1) is 0 Å². The molecule has 0 N–H and O–H groups in total. The van der Waals surface area contributed by atoms with Crippen LogP contribution in [0.25, 0.3) is 0 Å². The Morgan fingerprint density at radius 2 is 1.96 bits per heavy atom.